The summed E-state index contributed by atoms with van der Waals surface area (Å²) >= 11 is 1.37. The molecule has 0 radical (unpaired) electrons. The molecule has 0 saturated carbocycles. The molecule has 0 unspecified atom stereocenters. The first-order valence-corrected chi connectivity index (χ1v) is 17.5. The van der Waals surface area contributed by atoms with Crippen molar-refractivity contribution in [3.05, 3.63) is 95.0 Å². The van der Waals surface area contributed by atoms with Gasteiger partial charge in [-0.2, -0.15) is 0 Å². The van der Waals surface area contributed by atoms with Gasteiger partial charge >= 0.3 is 0 Å². The minimum absolute atomic E-state index is 0.169. The van der Waals surface area contributed by atoms with E-state index in [4.69, 9.17) is 14.5 Å². The van der Waals surface area contributed by atoms with Gasteiger partial charge in [0, 0.05) is 48.8 Å². The van der Waals surface area contributed by atoms with Crippen molar-refractivity contribution >= 4 is 44.0 Å². The molecule has 6 aromatic rings. The zero-order valence-electron chi connectivity index (χ0n) is 26.4. The molecule has 7 rings (SSSR count). The number of carbonyl (C=O) groups is 1. The van der Waals surface area contributed by atoms with Crippen LogP contribution < -0.4 is 4.90 Å². The van der Waals surface area contributed by atoms with Crippen molar-refractivity contribution in [1.29, 1.82) is 0 Å². The molecule has 3 aromatic heterocycles. The van der Waals surface area contributed by atoms with Gasteiger partial charge in [-0.25, -0.2) is 31.5 Å². The zero-order valence-corrected chi connectivity index (χ0v) is 28.1. The normalized spacial score (nSPS) is 15.6. The maximum Gasteiger partial charge on any atom is 0.242 e. The zero-order chi connectivity index (χ0) is 33.9. The second-order valence-corrected chi connectivity index (χ2v) is 14.8. The number of aryl methyl sites for hydroxylation is 2. The second kappa shape index (κ2) is 12.0. The standard InChI is InChI=1S/C34H30F2N6O4S2/c1-19-32(20(2)46-39-19)22-10-15-29-27(16-22)37-33(30-6-5-7-31(43)41(30)23-11-14-25(35)26(36)17-23)42(29)34-38-28(18-47-34)21-8-12-24(13-9-21)48(44,45)40(3)4/h8-18,30H,5-7H2,1-4H3/t30-/m0/s1. The molecule has 1 aliphatic rings. The minimum atomic E-state index is -3.59. The van der Waals surface area contributed by atoms with Crippen molar-refractivity contribution in [3.63, 3.8) is 0 Å². The molecule has 1 fully saturated rings. The highest BCUT2D eigenvalue weighted by molar-refractivity contribution is 7.89. The Morgan fingerprint density at radius 2 is 1.71 bits per heavy atom. The van der Waals surface area contributed by atoms with Crippen LogP contribution in [0.3, 0.4) is 0 Å². The maximum absolute atomic E-state index is 14.4. The van der Waals surface area contributed by atoms with E-state index in [2.05, 4.69) is 5.16 Å². The van der Waals surface area contributed by atoms with Crippen molar-refractivity contribution in [2.75, 3.05) is 19.0 Å². The number of fused-ring (bicyclic) bond motifs is 1. The molecule has 1 saturated heterocycles. The molecule has 0 aliphatic carbocycles. The Balaban J connectivity index is 1.38. The van der Waals surface area contributed by atoms with Gasteiger partial charge in [-0.05, 0) is 68.7 Å². The van der Waals surface area contributed by atoms with Gasteiger partial charge in [0.1, 0.15) is 11.6 Å². The average molecular weight is 689 g/mol. The predicted octanol–water partition coefficient (Wildman–Crippen LogP) is 7.21. The molecule has 0 spiro atoms. The fourth-order valence-electron chi connectivity index (χ4n) is 6.16. The summed E-state index contributed by atoms with van der Waals surface area (Å²) in [7, 11) is -0.635. The first-order valence-electron chi connectivity index (χ1n) is 15.2. The van der Waals surface area contributed by atoms with E-state index in [1.807, 2.05) is 42.0 Å². The highest BCUT2D eigenvalue weighted by atomic mass is 32.2. The van der Waals surface area contributed by atoms with E-state index in [0.717, 1.165) is 44.3 Å². The smallest absolute Gasteiger partial charge is 0.242 e. The van der Waals surface area contributed by atoms with Crippen LogP contribution in [0.2, 0.25) is 0 Å². The highest BCUT2D eigenvalue weighted by Gasteiger charge is 2.35. The summed E-state index contributed by atoms with van der Waals surface area (Å²) in [4.78, 5) is 25.1. The van der Waals surface area contributed by atoms with Crippen LogP contribution in [0.15, 0.2) is 75.5 Å². The maximum atomic E-state index is 14.4. The number of hydrogen-bond acceptors (Lipinski definition) is 8. The van der Waals surface area contributed by atoms with Crippen molar-refractivity contribution < 1.29 is 26.5 Å². The van der Waals surface area contributed by atoms with Gasteiger partial charge in [-0.3, -0.25) is 9.36 Å². The SMILES string of the molecule is Cc1noc(C)c1-c1ccc2c(c1)nc([C@@H]1CCCC(=O)N1c1ccc(F)c(F)c1)n2-c1nc(-c2ccc(S(=O)(=O)N(C)C)cc2)cs1. The lowest BCUT2D eigenvalue weighted by atomic mass is 9.99. The first-order chi connectivity index (χ1) is 22.9. The van der Waals surface area contributed by atoms with Crippen LogP contribution in [-0.4, -0.2) is 52.4 Å². The van der Waals surface area contributed by atoms with E-state index >= 15 is 0 Å². The fraction of sp³-hybridized carbons (Fsp3) is 0.235. The fourth-order valence-corrected chi connectivity index (χ4v) is 7.91. The van der Waals surface area contributed by atoms with Gasteiger partial charge in [0.25, 0.3) is 0 Å². The molecule has 0 bridgehead atoms. The molecular formula is C34H30F2N6O4S2. The molecule has 0 N–H and O–H groups in total. The Kier molecular flexibility index (Phi) is 7.96. The van der Waals surface area contributed by atoms with Crippen LogP contribution in [0, 0.1) is 25.5 Å². The number of amides is 1. The summed E-state index contributed by atoms with van der Waals surface area (Å²) in [6.45, 7) is 3.71. The van der Waals surface area contributed by atoms with Crippen LogP contribution in [-0.2, 0) is 14.8 Å². The third kappa shape index (κ3) is 5.39. The van der Waals surface area contributed by atoms with E-state index < -0.39 is 27.7 Å². The average Bonchev–Trinajstić information content (AvgIpc) is 3.78. The number of anilines is 1. The number of rotatable bonds is 7. The molecule has 3 aromatic carbocycles. The third-order valence-electron chi connectivity index (χ3n) is 8.54. The Labute approximate surface area is 279 Å². The number of thiazole rings is 1. The summed E-state index contributed by atoms with van der Waals surface area (Å²) < 4.78 is 62.1. The Bertz CT molecular complexity index is 2290. The van der Waals surface area contributed by atoms with Crippen molar-refractivity contribution in [1.82, 2.24) is 24.0 Å². The molecule has 48 heavy (non-hydrogen) atoms. The van der Waals surface area contributed by atoms with Gasteiger partial charge in [0.15, 0.2) is 16.8 Å². The quantitative estimate of drug-likeness (QED) is 0.174. The van der Waals surface area contributed by atoms with Crippen LogP contribution >= 0.6 is 11.3 Å². The van der Waals surface area contributed by atoms with Crippen LogP contribution in [0.4, 0.5) is 14.5 Å². The number of imidazole rings is 1. The van der Waals surface area contributed by atoms with Crippen molar-refractivity contribution in [3.8, 4) is 27.5 Å². The second-order valence-electron chi connectivity index (χ2n) is 11.8. The van der Waals surface area contributed by atoms with Crippen LogP contribution in [0.1, 0.15) is 42.6 Å². The molecule has 4 heterocycles. The highest BCUT2D eigenvalue weighted by Crippen LogP contribution is 2.40. The van der Waals surface area contributed by atoms with Crippen molar-refractivity contribution in [2.24, 2.45) is 0 Å². The van der Waals surface area contributed by atoms with E-state index in [-0.39, 0.29) is 22.9 Å². The Morgan fingerprint density at radius 1 is 0.958 bits per heavy atom. The van der Waals surface area contributed by atoms with E-state index in [9.17, 15) is 22.0 Å². The summed E-state index contributed by atoms with van der Waals surface area (Å²) in [5.74, 6) is -1.08. The molecule has 246 valence electrons. The molecular weight excluding hydrogens is 659 g/mol. The molecule has 1 aliphatic heterocycles. The summed E-state index contributed by atoms with van der Waals surface area (Å²) in [5.41, 5.74) is 5.42. The largest absolute Gasteiger partial charge is 0.361 e. The molecule has 14 heteroatoms. The van der Waals surface area contributed by atoms with Crippen LogP contribution in [0.25, 0.3) is 38.5 Å². The number of aromatic nitrogens is 4. The number of halogens is 2. The lowest BCUT2D eigenvalue weighted by molar-refractivity contribution is -0.120. The number of benzene rings is 3. The van der Waals surface area contributed by atoms with Gasteiger partial charge in [-0.1, -0.05) is 23.4 Å². The minimum Gasteiger partial charge on any atom is -0.361 e. The number of hydrogen-bond donors (Lipinski definition) is 0. The van der Waals surface area contributed by atoms with Gasteiger partial charge in [-0.15, -0.1) is 11.3 Å². The van der Waals surface area contributed by atoms with Gasteiger partial charge < -0.3 is 9.42 Å². The Morgan fingerprint density at radius 3 is 2.40 bits per heavy atom. The lowest BCUT2D eigenvalue weighted by Gasteiger charge is -2.35. The van der Waals surface area contributed by atoms with E-state index in [0.29, 0.717) is 40.8 Å². The van der Waals surface area contributed by atoms with Gasteiger partial charge in [0.05, 0.1) is 33.4 Å². The van der Waals surface area contributed by atoms with Crippen LogP contribution in [0.5, 0.6) is 0 Å². The Hall–Kier alpha value is -4.79. The third-order valence-corrected chi connectivity index (χ3v) is 11.2. The first kappa shape index (κ1) is 31.8. The summed E-state index contributed by atoms with van der Waals surface area (Å²) in [6.07, 6.45) is 1.38. The van der Waals surface area contributed by atoms with E-state index in [1.165, 1.54) is 36.4 Å². The number of carbonyl (C=O) groups excluding carboxylic acids is 1. The number of sulfonamides is 1. The number of nitrogens with zero attached hydrogens (tertiary/aromatic N) is 6. The lowest BCUT2D eigenvalue weighted by Crippen LogP contribution is -2.39. The monoisotopic (exact) mass is 688 g/mol. The van der Waals surface area contributed by atoms with Gasteiger partial charge in [0.2, 0.25) is 15.9 Å². The van der Waals surface area contributed by atoms with E-state index in [1.54, 1.807) is 24.3 Å². The molecule has 1 amide bonds. The topological polar surface area (TPSA) is 114 Å². The predicted molar refractivity (Wildman–Crippen MR) is 178 cm³/mol. The number of piperidine rings is 1. The van der Waals surface area contributed by atoms with Crippen molar-refractivity contribution in [2.45, 2.75) is 44.0 Å². The molecule has 10 nitrogen and oxygen atoms in total. The molecule has 1 atom stereocenters. The summed E-state index contributed by atoms with van der Waals surface area (Å²) in [6, 6.07) is 15.2. The summed E-state index contributed by atoms with van der Waals surface area (Å²) in [5, 5.41) is 6.54.